The van der Waals surface area contributed by atoms with Crippen molar-refractivity contribution in [3.05, 3.63) is 70.0 Å². The number of likely N-dealkylation sites (N-methyl/N-ethyl adjacent to an activating group) is 1. The molecule has 2 aromatic carbocycles. The summed E-state index contributed by atoms with van der Waals surface area (Å²) < 4.78 is 13.6. The fraction of sp³-hybridized carbons (Fsp3) is 0.316. The summed E-state index contributed by atoms with van der Waals surface area (Å²) in [7, 11) is 2.11. The Hall–Kier alpha value is -1.75. The van der Waals surface area contributed by atoms with E-state index in [1.807, 2.05) is 18.2 Å². The van der Waals surface area contributed by atoms with Crippen LogP contribution in [0.4, 0.5) is 4.39 Å². The zero-order valence-corrected chi connectivity index (χ0v) is 14.4. The van der Waals surface area contributed by atoms with Crippen LogP contribution >= 0.6 is 11.6 Å². The second-order valence-electron chi connectivity index (χ2n) is 6.22. The molecule has 1 aliphatic heterocycles. The van der Waals surface area contributed by atoms with Gasteiger partial charge >= 0.3 is 0 Å². The van der Waals surface area contributed by atoms with Gasteiger partial charge in [0.1, 0.15) is 5.82 Å². The van der Waals surface area contributed by atoms with Crippen molar-refractivity contribution in [3.8, 4) is 0 Å². The lowest BCUT2D eigenvalue weighted by Crippen LogP contribution is -2.44. The number of benzene rings is 2. The largest absolute Gasteiger partial charge is 0.304 e. The van der Waals surface area contributed by atoms with Crippen LogP contribution in [0, 0.1) is 5.82 Å². The smallest absolute Gasteiger partial charge is 0.193 e. The zero-order valence-electron chi connectivity index (χ0n) is 13.6. The Morgan fingerprint density at radius 3 is 2.54 bits per heavy atom. The Morgan fingerprint density at radius 1 is 1.12 bits per heavy atom. The van der Waals surface area contributed by atoms with Gasteiger partial charge in [-0.1, -0.05) is 35.9 Å². The fourth-order valence-corrected chi connectivity index (χ4v) is 3.19. The number of halogens is 2. The molecule has 0 aromatic heterocycles. The predicted octanol–water partition coefficient (Wildman–Crippen LogP) is 3.46. The van der Waals surface area contributed by atoms with Crippen LogP contribution in [0.25, 0.3) is 0 Å². The summed E-state index contributed by atoms with van der Waals surface area (Å²) in [6.45, 7) is 4.72. The van der Waals surface area contributed by atoms with Crippen LogP contribution in [0.1, 0.15) is 21.5 Å². The average Bonchev–Trinajstić information content (AvgIpc) is 2.56. The molecule has 1 heterocycles. The summed E-state index contributed by atoms with van der Waals surface area (Å²) in [5.74, 6) is -0.691. The topological polar surface area (TPSA) is 23.6 Å². The van der Waals surface area contributed by atoms with Gasteiger partial charge in [-0.3, -0.25) is 9.69 Å². The molecule has 24 heavy (non-hydrogen) atoms. The third-order valence-corrected chi connectivity index (χ3v) is 4.59. The quantitative estimate of drug-likeness (QED) is 0.792. The molecule has 0 saturated carbocycles. The SMILES string of the molecule is CN1CCN(Cc2ccccc2C(=O)c2cc(F)cc(Cl)c2)CC1. The highest BCUT2D eigenvalue weighted by Crippen LogP contribution is 2.21. The van der Waals surface area contributed by atoms with Crippen LogP contribution in [0.2, 0.25) is 5.02 Å². The number of hydrogen-bond acceptors (Lipinski definition) is 3. The van der Waals surface area contributed by atoms with Crippen molar-refractivity contribution in [2.24, 2.45) is 0 Å². The van der Waals surface area contributed by atoms with Crippen molar-refractivity contribution in [2.75, 3.05) is 33.2 Å². The van der Waals surface area contributed by atoms with E-state index in [0.717, 1.165) is 38.3 Å². The van der Waals surface area contributed by atoms with Crippen molar-refractivity contribution in [3.63, 3.8) is 0 Å². The van der Waals surface area contributed by atoms with E-state index in [1.165, 1.54) is 18.2 Å². The molecule has 0 unspecified atom stereocenters. The summed E-state index contributed by atoms with van der Waals surface area (Å²) in [5.41, 5.74) is 1.86. The molecule has 0 atom stereocenters. The third-order valence-electron chi connectivity index (χ3n) is 4.38. The number of nitrogens with zero attached hydrogens (tertiary/aromatic N) is 2. The monoisotopic (exact) mass is 346 g/mol. The first-order valence-electron chi connectivity index (χ1n) is 8.02. The molecule has 3 rings (SSSR count). The van der Waals surface area contributed by atoms with Crippen molar-refractivity contribution in [1.29, 1.82) is 0 Å². The Kier molecular flexibility index (Phi) is 5.29. The highest BCUT2D eigenvalue weighted by molar-refractivity contribution is 6.31. The number of ketones is 1. The number of carbonyl (C=O) groups is 1. The molecule has 1 aliphatic rings. The lowest BCUT2D eigenvalue weighted by Gasteiger charge is -2.32. The van der Waals surface area contributed by atoms with Crippen LogP contribution in [0.15, 0.2) is 42.5 Å². The Bertz CT molecular complexity index is 722. The van der Waals surface area contributed by atoms with E-state index in [4.69, 9.17) is 11.6 Å². The molecule has 2 aromatic rings. The van der Waals surface area contributed by atoms with E-state index in [9.17, 15) is 9.18 Å². The van der Waals surface area contributed by atoms with Crippen LogP contribution in [-0.2, 0) is 6.54 Å². The minimum Gasteiger partial charge on any atom is -0.304 e. The maximum atomic E-state index is 13.6. The van der Waals surface area contributed by atoms with Crippen LogP contribution in [-0.4, -0.2) is 48.8 Å². The van der Waals surface area contributed by atoms with Crippen LogP contribution < -0.4 is 0 Å². The summed E-state index contributed by atoms with van der Waals surface area (Å²) >= 11 is 5.89. The number of rotatable bonds is 4. The lowest BCUT2D eigenvalue weighted by molar-refractivity contribution is 0.103. The molecule has 0 bridgehead atoms. The molecule has 1 saturated heterocycles. The van der Waals surface area contributed by atoms with Gasteiger partial charge in [-0.25, -0.2) is 4.39 Å². The molecule has 5 heteroatoms. The van der Waals surface area contributed by atoms with E-state index in [2.05, 4.69) is 16.8 Å². The first kappa shape index (κ1) is 17.1. The van der Waals surface area contributed by atoms with Crippen molar-refractivity contribution in [1.82, 2.24) is 9.80 Å². The first-order chi connectivity index (χ1) is 11.5. The fourth-order valence-electron chi connectivity index (χ4n) is 2.97. The molecular weight excluding hydrogens is 327 g/mol. The highest BCUT2D eigenvalue weighted by Gasteiger charge is 2.19. The van der Waals surface area contributed by atoms with Gasteiger partial charge in [0.15, 0.2) is 5.78 Å². The van der Waals surface area contributed by atoms with Gasteiger partial charge in [-0.15, -0.1) is 0 Å². The second-order valence-corrected chi connectivity index (χ2v) is 6.66. The molecule has 3 nitrogen and oxygen atoms in total. The summed E-state index contributed by atoms with van der Waals surface area (Å²) in [6, 6.07) is 11.5. The van der Waals surface area contributed by atoms with Crippen molar-refractivity contribution in [2.45, 2.75) is 6.54 Å². The minimum atomic E-state index is -0.498. The van der Waals surface area contributed by atoms with E-state index in [-0.39, 0.29) is 16.4 Å². The maximum Gasteiger partial charge on any atom is 0.193 e. The first-order valence-corrected chi connectivity index (χ1v) is 8.40. The maximum absolute atomic E-state index is 13.6. The summed E-state index contributed by atoms with van der Waals surface area (Å²) in [5, 5.41) is 0.231. The standard InChI is InChI=1S/C19H20ClFN2O/c1-22-6-8-23(9-7-22)13-14-4-2-3-5-18(14)19(24)15-10-16(20)12-17(21)11-15/h2-5,10-12H,6-9,13H2,1H3. The van der Waals surface area contributed by atoms with Gasteiger partial charge in [-0.2, -0.15) is 0 Å². The molecule has 0 spiro atoms. The lowest BCUT2D eigenvalue weighted by atomic mass is 9.98. The van der Waals surface area contributed by atoms with Gasteiger partial charge in [0, 0.05) is 48.9 Å². The number of carbonyl (C=O) groups excluding carboxylic acids is 1. The summed E-state index contributed by atoms with van der Waals surface area (Å²) in [4.78, 5) is 17.4. The summed E-state index contributed by atoms with van der Waals surface area (Å²) in [6.07, 6.45) is 0. The van der Waals surface area contributed by atoms with E-state index in [1.54, 1.807) is 6.07 Å². The molecule has 1 fully saturated rings. The van der Waals surface area contributed by atoms with Crippen molar-refractivity contribution >= 4 is 17.4 Å². The number of hydrogen-bond donors (Lipinski definition) is 0. The molecule has 0 aliphatic carbocycles. The van der Waals surface area contributed by atoms with Gasteiger partial charge in [0.25, 0.3) is 0 Å². The Labute approximate surface area is 146 Å². The minimum absolute atomic E-state index is 0.193. The number of piperazine rings is 1. The third kappa shape index (κ3) is 4.01. The van der Waals surface area contributed by atoms with E-state index < -0.39 is 5.82 Å². The van der Waals surface area contributed by atoms with Crippen molar-refractivity contribution < 1.29 is 9.18 Å². The van der Waals surface area contributed by atoms with Gasteiger partial charge in [-0.05, 0) is 30.8 Å². The highest BCUT2D eigenvalue weighted by atomic mass is 35.5. The second kappa shape index (κ2) is 7.43. The average molecular weight is 347 g/mol. The molecule has 0 amide bonds. The molecule has 0 N–H and O–H groups in total. The predicted molar refractivity (Wildman–Crippen MR) is 94.1 cm³/mol. The molecule has 0 radical (unpaired) electrons. The van der Waals surface area contributed by atoms with Gasteiger partial charge in [0.2, 0.25) is 0 Å². The van der Waals surface area contributed by atoms with Gasteiger partial charge < -0.3 is 4.90 Å². The van der Waals surface area contributed by atoms with Gasteiger partial charge in [0.05, 0.1) is 0 Å². The Morgan fingerprint density at radius 2 is 1.83 bits per heavy atom. The van der Waals surface area contributed by atoms with E-state index in [0.29, 0.717) is 5.56 Å². The normalized spacial score (nSPS) is 16.3. The van der Waals surface area contributed by atoms with Crippen LogP contribution in [0.5, 0.6) is 0 Å². The Balaban J connectivity index is 1.84. The molecular formula is C19H20ClFN2O. The molecule has 126 valence electrons. The van der Waals surface area contributed by atoms with Crippen LogP contribution in [0.3, 0.4) is 0 Å². The van der Waals surface area contributed by atoms with E-state index >= 15 is 0 Å². The zero-order chi connectivity index (χ0) is 17.1.